The molecule has 0 saturated heterocycles. The second-order valence-corrected chi connectivity index (χ2v) is 7.34. The van der Waals surface area contributed by atoms with Crippen molar-refractivity contribution in [1.29, 1.82) is 0 Å². The predicted octanol–water partition coefficient (Wildman–Crippen LogP) is 2.88. The third-order valence-electron chi connectivity index (χ3n) is 2.73. The second-order valence-electron chi connectivity index (χ2n) is 4.51. The summed E-state index contributed by atoms with van der Waals surface area (Å²) >= 11 is 11.2. The van der Waals surface area contributed by atoms with Gasteiger partial charge in [0.2, 0.25) is 0 Å². The number of alkyl halides is 2. The average molecular weight is 368 g/mol. The number of aryl methyl sites for hydroxylation is 1. The molecular weight excluding hydrogens is 348 g/mol. The van der Waals surface area contributed by atoms with E-state index in [0.717, 1.165) is 5.56 Å². The first-order valence-corrected chi connectivity index (χ1v) is 9.58. The van der Waals surface area contributed by atoms with Crippen molar-refractivity contribution >= 4 is 42.5 Å². The smallest absolute Gasteiger partial charge is 0.303 e. The van der Waals surface area contributed by atoms with Gasteiger partial charge in [0.05, 0.1) is 0 Å². The number of carbonyl (C=O) groups is 1. The maximum Gasteiger partial charge on any atom is 0.303 e. The maximum absolute atomic E-state index is 12.7. The normalized spacial score (nSPS) is 11.4. The van der Waals surface area contributed by atoms with Crippen molar-refractivity contribution in [2.75, 3.05) is 29.9 Å². The molecule has 0 unspecified atom stereocenters. The Labute approximate surface area is 140 Å². The first kappa shape index (κ1) is 19.3. The first-order chi connectivity index (χ1) is 10.5. The Morgan fingerprint density at radius 2 is 1.64 bits per heavy atom. The molecule has 0 aliphatic carbocycles. The van der Waals surface area contributed by atoms with Crippen LogP contribution in [0.1, 0.15) is 12.0 Å². The summed E-state index contributed by atoms with van der Waals surface area (Å²) in [6.07, 6.45) is 0.544. The van der Waals surface area contributed by atoms with Gasteiger partial charge in [-0.05, 0) is 24.1 Å². The summed E-state index contributed by atoms with van der Waals surface area (Å²) in [5.74, 6) is -0.160. The minimum Gasteiger partial charge on any atom is -0.481 e. The summed E-state index contributed by atoms with van der Waals surface area (Å²) < 4.78 is 12.7. The number of halogens is 2. The molecule has 6 nitrogen and oxygen atoms in total. The van der Waals surface area contributed by atoms with Gasteiger partial charge in [0.25, 0.3) is 0 Å². The van der Waals surface area contributed by atoms with Gasteiger partial charge in [-0.2, -0.15) is 0 Å². The highest BCUT2D eigenvalue weighted by atomic mass is 35.5. The molecule has 0 amide bonds. The SMILES string of the molecule is O=C(O)CCc1ccc(NP(=O)(NCCCl)NCCCl)cc1. The van der Waals surface area contributed by atoms with E-state index in [1.807, 2.05) is 0 Å². The zero-order valence-electron chi connectivity index (χ0n) is 12.0. The number of carboxylic acid groups (broad SMARTS) is 1. The number of rotatable bonds is 11. The summed E-state index contributed by atoms with van der Waals surface area (Å²) in [5.41, 5.74) is 1.57. The van der Waals surface area contributed by atoms with Crippen molar-refractivity contribution in [1.82, 2.24) is 10.2 Å². The molecule has 9 heteroatoms. The Bertz CT molecular complexity index is 502. The van der Waals surface area contributed by atoms with Gasteiger partial charge >= 0.3 is 13.6 Å². The Kier molecular flexibility index (Phi) is 8.83. The summed E-state index contributed by atoms with van der Waals surface area (Å²) in [7, 11) is -3.03. The zero-order chi connectivity index (χ0) is 16.4. The van der Waals surface area contributed by atoms with E-state index in [0.29, 0.717) is 37.0 Å². The molecule has 0 aliphatic heterocycles. The molecule has 0 radical (unpaired) electrons. The second kappa shape index (κ2) is 10.1. The molecule has 1 rings (SSSR count). The molecule has 0 spiro atoms. The summed E-state index contributed by atoms with van der Waals surface area (Å²) in [4.78, 5) is 10.5. The summed E-state index contributed by atoms with van der Waals surface area (Å²) in [5, 5.41) is 17.3. The minimum atomic E-state index is -3.03. The highest BCUT2D eigenvalue weighted by molar-refractivity contribution is 7.61. The third kappa shape index (κ3) is 7.47. The third-order valence-corrected chi connectivity index (χ3v) is 5.01. The highest BCUT2D eigenvalue weighted by Crippen LogP contribution is 2.36. The lowest BCUT2D eigenvalue weighted by Gasteiger charge is -2.22. The fourth-order valence-corrected chi connectivity index (χ4v) is 3.80. The lowest BCUT2D eigenvalue weighted by molar-refractivity contribution is -0.136. The number of hydrogen-bond acceptors (Lipinski definition) is 2. The van der Waals surface area contributed by atoms with E-state index in [-0.39, 0.29) is 6.42 Å². The van der Waals surface area contributed by atoms with Gasteiger partial charge in [0.15, 0.2) is 0 Å². The molecule has 1 aromatic carbocycles. The van der Waals surface area contributed by atoms with E-state index in [2.05, 4.69) is 15.3 Å². The molecule has 0 heterocycles. The number of hydrogen-bond donors (Lipinski definition) is 4. The molecular formula is C13H20Cl2N3O3P. The molecule has 124 valence electrons. The van der Waals surface area contributed by atoms with E-state index in [9.17, 15) is 9.36 Å². The predicted molar refractivity (Wildman–Crippen MR) is 91.1 cm³/mol. The van der Waals surface area contributed by atoms with Crippen molar-refractivity contribution < 1.29 is 14.5 Å². The van der Waals surface area contributed by atoms with Gasteiger partial charge in [-0.25, -0.2) is 10.2 Å². The van der Waals surface area contributed by atoms with Crippen molar-refractivity contribution in [2.45, 2.75) is 12.8 Å². The minimum absolute atomic E-state index is 0.0832. The number of aliphatic carboxylic acids is 1. The van der Waals surface area contributed by atoms with Crippen LogP contribution >= 0.6 is 30.8 Å². The van der Waals surface area contributed by atoms with Gasteiger partial charge in [-0.3, -0.25) is 9.36 Å². The van der Waals surface area contributed by atoms with E-state index in [1.165, 1.54) is 0 Å². The topological polar surface area (TPSA) is 90.5 Å². The lowest BCUT2D eigenvalue weighted by Crippen LogP contribution is -2.29. The highest BCUT2D eigenvalue weighted by Gasteiger charge is 2.20. The Hall–Kier alpha value is -0.780. The van der Waals surface area contributed by atoms with Gasteiger partial charge in [-0.1, -0.05) is 12.1 Å². The van der Waals surface area contributed by atoms with Crippen molar-refractivity contribution in [3.05, 3.63) is 29.8 Å². The van der Waals surface area contributed by atoms with Gasteiger partial charge in [-0.15, -0.1) is 23.2 Å². The molecule has 0 fully saturated rings. The van der Waals surface area contributed by atoms with Crippen LogP contribution in [0.2, 0.25) is 0 Å². The molecule has 1 aromatic rings. The van der Waals surface area contributed by atoms with E-state index in [1.54, 1.807) is 24.3 Å². The fourth-order valence-electron chi connectivity index (χ4n) is 1.71. The summed E-state index contributed by atoms with van der Waals surface area (Å²) in [6.45, 7) is 0.773. The number of nitrogens with one attached hydrogen (secondary N) is 3. The van der Waals surface area contributed by atoms with Crippen LogP contribution in [-0.4, -0.2) is 35.9 Å². The molecule has 4 N–H and O–H groups in total. The van der Waals surface area contributed by atoms with E-state index in [4.69, 9.17) is 28.3 Å². The Morgan fingerprint density at radius 3 is 2.09 bits per heavy atom. The van der Waals surface area contributed by atoms with Crippen LogP contribution in [0.3, 0.4) is 0 Å². The maximum atomic E-state index is 12.7. The fraction of sp³-hybridized carbons (Fsp3) is 0.462. The van der Waals surface area contributed by atoms with Crippen LogP contribution in [-0.2, 0) is 15.8 Å². The Balaban J connectivity index is 2.67. The van der Waals surface area contributed by atoms with Crippen LogP contribution in [0.25, 0.3) is 0 Å². The van der Waals surface area contributed by atoms with Crippen LogP contribution in [0, 0.1) is 0 Å². The molecule has 0 aromatic heterocycles. The monoisotopic (exact) mass is 367 g/mol. The van der Waals surface area contributed by atoms with E-state index < -0.39 is 13.6 Å². The number of benzene rings is 1. The lowest BCUT2D eigenvalue weighted by atomic mass is 10.1. The molecule has 0 aliphatic rings. The van der Waals surface area contributed by atoms with Crippen molar-refractivity contribution in [3.8, 4) is 0 Å². The van der Waals surface area contributed by atoms with Crippen molar-refractivity contribution in [2.24, 2.45) is 0 Å². The van der Waals surface area contributed by atoms with Crippen molar-refractivity contribution in [3.63, 3.8) is 0 Å². The van der Waals surface area contributed by atoms with Gasteiger partial charge in [0.1, 0.15) is 0 Å². The standard InChI is InChI=1S/C13H20Cl2N3O3P/c14-7-9-16-22(21,17-10-8-15)18-12-4-1-11(2-5-12)3-6-13(19)20/h1-2,4-5H,3,6-10H2,(H,19,20)(H3,16,17,18,21). The van der Waals surface area contributed by atoms with E-state index >= 15 is 0 Å². The quantitative estimate of drug-likeness (QED) is 0.355. The van der Waals surface area contributed by atoms with Crippen LogP contribution in [0.15, 0.2) is 24.3 Å². The number of carboxylic acids is 1. The van der Waals surface area contributed by atoms with Crippen LogP contribution < -0.4 is 15.3 Å². The first-order valence-electron chi connectivity index (χ1n) is 6.80. The Morgan fingerprint density at radius 1 is 1.09 bits per heavy atom. The van der Waals surface area contributed by atoms with Crippen LogP contribution in [0.4, 0.5) is 5.69 Å². The molecule has 22 heavy (non-hydrogen) atoms. The van der Waals surface area contributed by atoms with Crippen LogP contribution in [0.5, 0.6) is 0 Å². The zero-order valence-corrected chi connectivity index (χ0v) is 14.4. The molecule has 0 saturated carbocycles. The van der Waals surface area contributed by atoms with Gasteiger partial charge < -0.3 is 10.2 Å². The largest absolute Gasteiger partial charge is 0.481 e. The van der Waals surface area contributed by atoms with Gasteiger partial charge in [0, 0.05) is 37.0 Å². The summed E-state index contributed by atoms with van der Waals surface area (Å²) in [6, 6.07) is 7.13. The molecule has 0 bridgehead atoms. The average Bonchev–Trinajstić information content (AvgIpc) is 2.50. The molecule has 0 atom stereocenters. The number of anilines is 1.